The molecular formula is C27H22ClFN2OS. The summed E-state index contributed by atoms with van der Waals surface area (Å²) in [5.41, 5.74) is 8.53. The van der Waals surface area contributed by atoms with Gasteiger partial charge in [0.05, 0.1) is 20.7 Å². The Labute approximate surface area is 201 Å². The van der Waals surface area contributed by atoms with E-state index in [-0.39, 0.29) is 11.7 Å². The molecule has 3 nitrogen and oxygen atoms in total. The predicted octanol–water partition coefficient (Wildman–Crippen LogP) is 7.22. The van der Waals surface area contributed by atoms with Gasteiger partial charge in [-0.05, 0) is 70.2 Å². The lowest BCUT2D eigenvalue weighted by molar-refractivity contribution is -0.115. The second kappa shape index (κ2) is 10.1. The molecule has 0 unspecified atom stereocenters. The van der Waals surface area contributed by atoms with Crippen LogP contribution in [0.15, 0.2) is 72.3 Å². The topological polar surface area (TPSA) is 42.0 Å². The van der Waals surface area contributed by atoms with Crippen LogP contribution in [0.3, 0.4) is 0 Å². The van der Waals surface area contributed by atoms with Gasteiger partial charge in [0.25, 0.3) is 0 Å². The van der Waals surface area contributed by atoms with Crippen LogP contribution in [0.5, 0.6) is 0 Å². The normalized spacial score (nSPS) is 12.2. The number of aromatic nitrogens is 1. The second-order valence-corrected chi connectivity index (χ2v) is 8.73. The number of carbonyl (C=O) groups is 1. The Bertz CT molecular complexity index is 1370. The number of nitrogens with zero attached hydrogens (tertiary/aromatic N) is 1. The minimum absolute atomic E-state index is 0.157. The number of benzene rings is 3. The number of hydrogen-bond donors (Lipinski definition) is 1. The Hall–Kier alpha value is -3.28. The second-order valence-electron chi connectivity index (χ2n) is 7.44. The molecule has 6 heteroatoms. The predicted molar refractivity (Wildman–Crippen MR) is 137 cm³/mol. The van der Waals surface area contributed by atoms with Crippen molar-refractivity contribution in [1.82, 2.24) is 10.3 Å². The number of thiazole rings is 1. The van der Waals surface area contributed by atoms with Crippen LogP contribution in [-0.4, -0.2) is 17.9 Å². The Morgan fingerprint density at radius 1 is 1.09 bits per heavy atom. The highest BCUT2D eigenvalue weighted by Crippen LogP contribution is 2.38. The van der Waals surface area contributed by atoms with Gasteiger partial charge < -0.3 is 5.32 Å². The zero-order chi connectivity index (χ0) is 23.4. The summed E-state index contributed by atoms with van der Waals surface area (Å²) in [4.78, 5) is 16.0. The molecule has 0 aliphatic heterocycles. The third-order valence-electron chi connectivity index (χ3n) is 5.40. The summed E-state index contributed by atoms with van der Waals surface area (Å²) in [5, 5.41) is 2.95. The molecule has 0 aliphatic carbocycles. The van der Waals surface area contributed by atoms with Gasteiger partial charge in [-0.1, -0.05) is 54.9 Å². The van der Waals surface area contributed by atoms with Gasteiger partial charge in [0.2, 0.25) is 5.91 Å². The summed E-state index contributed by atoms with van der Waals surface area (Å²) < 4.78 is 14.9. The van der Waals surface area contributed by atoms with E-state index in [1.54, 1.807) is 30.5 Å². The minimum Gasteiger partial charge on any atom is -0.356 e. The van der Waals surface area contributed by atoms with Crippen molar-refractivity contribution < 1.29 is 9.18 Å². The minimum atomic E-state index is -0.364. The Morgan fingerprint density at radius 2 is 1.85 bits per heavy atom. The summed E-state index contributed by atoms with van der Waals surface area (Å²) in [5.74, 6) is -0.521. The van der Waals surface area contributed by atoms with E-state index in [2.05, 4.69) is 35.4 Å². The third kappa shape index (κ3) is 5.05. The number of nitrogens with one attached hydrogen (secondary N) is 1. The molecule has 3 aromatic carbocycles. The lowest BCUT2D eigenvalue weighted by Crippen LogP contribution is -2.13. The van der Waals surface area contributed by atoms with Crippen LogP contribution >= 0.6 is 22.9 Å². The molecule has 1 aromatic heterocycles. The highest BCUT2D eigenvalue weighted by Gasteiger charge is 2.16. The lowest BCUT2D eigenvalue weighted by atomic mass is 9.87. The fourth-order valence-electron chi connectivity index (χ4n) is 3.78. The van der Waals surface area contributed by atoms with E-state index in [4.69, 9.17) is 11.6 Å². The molecule has 0 saturated carbocycles. The molecule has 4 aromatic rings. The maximum absolute atomic E-state index is 13.8. The number of fused-ring (bicyclic) bond motifs is 1. The Balaban J connectivity index is 1.90. The maximum atomic E-state index is 13.8. The molecule has 0 spiro atoms. The molecule has 166 valence electrons. The first-order valence-electron chi connectivity index (χ1n) is 10.5. The molecule has 0 atom stereocenters. The number of allylic oxidation sites excluding steroid dienone is 1. The van der Waals surface area contributed by atoms with Crippen LogP contribution in [0.4, 0.5) is 4.39 Å². The zero-order valence-electron chi connectivity index (χ0n) is 18.2. The van der Waals surface area contributed by atoms with E-state index in [1.807, 2.05) is 29.8 Å². The van der Waals surface area contributed by atoms with Gasteiger partial charge in [0, 0.05) is 13.1 Å². The van der Waals surface area contributed by atoms with E-state index in [9.17, 15) is 9.18 Å². The largest absolute Gasteiger partial charge is 0.356 e. The fourth-order valence-corrected chi connectivity index (χ4v) is 4.72. The van der Waals surface area contributed by atoms with Crippen LogP contribution in [-0.2, 0) is 4.79 Å². The van der Waals surface area contributed by atoms with E-state index >= 15 is 0 Å². The molecular weight excluding hydrogens is 455 g/mol. The molecule has 0 radical (unpaired) electrons. The molecule has 0 aliphatic rings. The van der Waals surface area contributed by atoms with E-state index < -0.39 is 0 Å². The average Bonchev–Trinajstić information content (AvgIpc) is 3.30. The molecule has 4 rings (SSSR count). The molecule has 0 saturated heterocycles. The van der Waals surface area contributed by atoms with Gasteiger partial charge in [-0.15, -0.1) is 11.3 Å². The van der Waals surface area contributed by atoms with Crippen molar-refractivity contribution >= 4 is 56.3 Å². The highest BCUT2D eigenvalue weighted by molar-refractivity contribution is 7.16. The van der Waals surface area contributed by atoms with Gasteiger partial charge in [0.1, 0.15) is 5.82 Å². The van der Waals surface area contributed by atoms with E-state index in [0.29, 0.717) is 11.4 Å². The summed E-state index contributed by atoms with van der Waals surface area (Å²) in [6.45, 7) is 2.07. The first kappa shape index (κ1) is 22.9. The van der Waals surface area contributed by atoms with Gasteiger partial charge in [0.15, 0.2) is 0 Å². The smallest absolute Gasteiger partial charge is 0.243 e. The van der Waals surface area contributed by atoms with Crippen molar-refractivity contribution in [3.8, 4) is 0 Å². The number of hydrogen-bond acceptors (Lipinski definition) is 3. The van der Waals surface area contributed by atoms with E-state index in [1.165, 1.54) is 18.2 Å². The Kier molecular flexibility index (Phi) is 7.02. The van der Waals surface area contributed by atoms with Gasteiger partial charge >= 0.3 is 0 Å². The van der Waals surface area contributed by atoms with Crippen molar-refractivity contribution in [3.63, 3.8) is 0 Å². The number of carbonyl (C=O) groups excluding carboxylic acids is 1. The first-order chi connectivity index (χ1) is 16.0. The molecule has 1 N–H and O–H groups in total. The van der Waals surface area contributed by atoms with Crippen molar-refractivity contribution in [3.05, 3.63) is 105 Å². The summed E-state index contributed by atoms with van der Waals surface area (Å²) in [6, 6.07) is 18.7. The molecule has 33 heavy (non-hydrogen) atoms. The monoisotopic (exact) mass is 476 g/mol. The summed E-state index contributed by atoms with van der Waals surface area (Å²) >= 11 is 8.08. The van der Waals surface area contributed by atoms with Crippen LogP contribution in [0, 0.1) is 5.82 Å². The summed E-state index contributed by atoms with van der Waals surface area (Å²) in [7, 11) is 1.60. The number of halogens is 2. The van der Waals surface area contributed by atoms with Gasteiger partial charge in [-0.2, -0.15) is 0 Å². The van der Waals surface area contributed by atoms with Crippen molar-refractivity contribution in [2.75, 3.05) is 7.05 Å². The van der Waals surface area contributed by atoms with Crippen molar-refractivity contribution in [2.24, 2.45) is 0 Å². The van der Waals surface area contributed by atoms with Gasteiger partial charge in [-0.3, -0.25) is 4.79 Å². The zero-order valence-corrected chi connectivity index (χ0v) is 19.8. The van der Waals surface area contributed by atoms with Crippen LogP contribution in [0.25, 0.3) is 27.4 Å². The maximum Gasteiger partial charge on any atom is 0.243 e. The Morgan fingerprint density at radius 3 is 2.55 bits per heavy atom. The highest BCUT2D eigenvalue weighted by atomic mass is 35.5. The summed E-state index contributed by atoms with van der Waals surface area (Å²) in [6.07, 6.45) is 3.97. The van der Waals surface area contributed by atoms with Gasteiger partial charge in [-0.25, -0.2) is 9.37 Å². The van der Waals surface area contributed by atoms with Crippen LogP contribution in [0.2, 0.25) is 5.02 Å². The first-order valence-corrected chi connectivity index (χ1v) is 11.8. The van der Waals surface area contributed by atoms with Crippen LogP contribution in [0.1, 0.15) is 35.6 Å². The fraction of sp³-hybridized carbons (Fsp3) is 0.111. The molecule has 1 heterocycles. The number of amides is 1. The molecule has 0 fully saturated rings. The number of rotatable bonds is 6. The SMILES string of the molecule is CC/C(=C(/c1ccc(/C=C/C(=O)NC)cc1)c1ccc2scnc2c1)c1ccc(F)cc1Cl. The lowest BCUT2D eigenvalue weighted by Gasteiger charge is -2.17. The third-order valence-corrected chi connectivity index (χ3v) is 6.53. The molecule has 1 amide bonds. The van der Waals surface area contributed by atoms with Crippen LogP contribution < -0.4 is 5.32 Å². The van der Waals surface area contributed by atoms with Crippen molar-refractivity contribution in [1.29, 1.82) is 0 Å². The van der Waals surface area contributed by atoms with E-state index in [0.717, 1.165) is 43.6 Å². The molecule has 0 bridgehead atoms. The standard InChI is InChI=1S/C27H22ClFN2OS/c1-3-21(22-11-10-20(29)15-23(22)28)27(19-9-12-25-24(14-19)31-16-33-25)18-7-4-17(5-8-18)6-13-26(32)30-2/h4-16H,3H2,1-2H3,(H,30,32)/b13-6+,27-21+. The number of likely N-dealkylation sites (N-methyl/N-ethyl adjacent to an activating group) is 1. The average molecular weight is 477 g/mol. The van der Waals surface area contributed by atoms with Crippen molar-refractivity contribution in [2.45, 2.75) is 13.3 Å². The quantitative estimate of drug-likeness (QED) is 0.236.